The van der Waals surface area contributed by atoms with Gasteiger partial charge in [-0.25, -0.2) is 4.79 Å². The summed E-state index contributed by atoms with van der Waals surface area (Å²) in [5, 5.41) is 1.95. The average molecular weight is 244 g/mol. The molecule has 0 saturated heterocycles. The maximum atomic E-state index is 12.0. The number of rotatable bonds is 3. The van der Waals surface area contributed by atoms with Crippen LogP contribution < -0.4 is 4.74 Å². The number of benzene rings is 2. The maximum Gasteiger partial charge on any atom is 0.342 e. The number of fused-ring (bicyclic) bond motifs is 1. The first-order valence-corrected chi connectivity index (χ1v) is 5.90. The summed E-state index contributed by atoms with van der Waals surface area (Å²) in [5.41, 5.74) is 0.463. The molecule has 0 aliphatic rings. The van der Waals surface area contributed by atoms with Gasteiger partial charge in [0, 0.05) is 5.39 Å². The normalized spacial score (nSPS) is 10.7. The molecule has 2 rings (SSSR count). The molecule has 0 radical (unpaired) electrons. The van der Waals surface area contributed by atoms with Gasteiger partial charge in [-0.2, -0.15) is 0 Å². The fourth-order valence-electron chi connectivity index (χ4n) is 1.90. The van der Waals surface area contributed by atoms with Crippen LogP contribution in [-0.2, 0) is 4.74 Å². The third kappa shape index (κ3) is 2.30. The number of carbonyl (C=O) groups excluding carboxylic acids is 1. The molecular weight excluding hydrogens is 228 g/mol. The minimum atomic E-state index is -0.354. The summed E-state index contributed by atoms with van der Waals surface area (Å²) >= 11 is 0. The molecule has 0 amide bonds. The van der Waals surface area contributed by atoms with E-state index in [4.69, 9.17) is 9.47 Å². The first kappa shape index (κ1) is 12.4. The average Bonchev–Trinajstić information content (AvgIpc) is 2.36. The second kappa shape index (κ2) is 5.08. The zero-order valence-corrected chi connectivity index (χ0v) is 10.8. The molecule has 0 saturated carbocycles. The van der Waals surface area contributed by atoms with Crippen LogP contribution in [0.25, 0.3) is 10.8 Å². The van der Waals surface area contributed by atoms with Crippen LogP contribution in [0.1, 0.15) is 24.2 Å². The third-order valence-electron chi connectivity index (χ3n) is 2.65. The van der Waals surface area contributed by atoms with Gasteiger partial charge in [-0.3, -0.25) is 0 Å². The SMILES string of the molecule is COc1c(C(=O)OC(C)C)ccc2ccccc12. The van der Waals surface area contributed by atoms with Gasteiger partial charge in [0.05, 0.1) is 13.2 Å². The summed E-state index contributed by atoms with van der Waals surface area (Å²) in [6.07, 6.45) is -0.145. The Morgan fingerprint density at radius 2 is 1.83 bits per heavy atom. The molecule has 0 N–H and O–H groups in total. The summed E-state index contributed by atoms with van der Waals surface area (Å²) in [7, 11) is 1.56. The van der Waals surface area contributed by atoms with E-state index in [1.807, 2.05) is 44.2 Å². The van der Waals surface area contributed by atoms with E-state index in [1.165, 1.54) is 0 Å². The highest BCUT2D eigenvalue weighted by atomic mass is 16.5. The molecule has 0 heterocycles. The largest absolute Gasteiger partial charge is 0.495 e. The molecule has 0 bridgehead atoms. The van der Waals surface area contributed by atoms with E-state index >= 15 is 0 Å². The monoisotopic (exact) mass is 244 g/mol. The predicted octanol–water partition coefficient (Wildman–Crippen LogP) is 3.41. The molecule has 0 atom stereocenters. The van der Waals surface area contributed by atoms with Crippen LogP contribution in [0.15, 0.2) is 36.4 Å². The number of esters is 1. The van der Waals surface area contributed by atoms with Gasteiger partial charge < -0.3 is 9.47 Å². The third-order valence-corrected chi connectivity index (χ3v) is 2.65. The van der Waals surface area contributed by atoms with E-state index in [1.54, 1.807) is 13.2 Å². The smallest absolute Gasteiger partial charge is 0.342 e. The van der Waals surface area contributed by atoms with Crippen LogP contribution in [0.2, 0.25) is 0 Å². The molecular formula is C15H16O3. The minimum Gasteiger partial charge on any atom is -0.495 e. The molecule has 3 nitrogen and oxygen atoms in total. The Bertz CT molecular complexity index is 573. The topological polar surface area (TPSA) is 35.5 Å². The Hall–Kier alpha value is -2.03. The molecule has 0 spiro atoms. The van der Waals surface area contributed by atoms with E-state index in [2.05, 4.69) is 0 Å². The molecule has 2 aromatic rings. The van der Waals surface area contributed by atoms with Crippen LogP contribution in [0.3, 0.4) is 0 Å². The lowest BCUT2D eigenvalue weighted by Gasteiger charge is -2.13. The number of carbonyl (C=O) groups is 1. The molecule has 0 unspecified atom stereocenters. The molecule has 0 aliphatic carbocycles. The van der Waals surface area contributed by atoms with Gasteiger partial charge >= 0.3 is 5.97 Å². The van der Waals surface area contributed by atoms with Crippen molar-refractivity contribution in [2.24, 2.45) is 0 Å². The van der Waals surface area contributed by atoms with E-state index in [-0.39, 0.29) is 12.1 Å². The number of hydrogen-bond acceptors (Lipinski definition) is 3. The van der Waals surface area contributed by atoms with Gasteiger partial charge in [0.15, 0.2) is 0 Å². The quantitative estimate of drug-likeness (QED) is 0.776. The summed E-state index contributed by atoms with van der Waals surface area (Å²) in [6, 6.07) is 11.4. The first-order chi connectivity index (χ1) is 8.63. The molecule has 18 heavy (non-hydrogen) atoms. The Labute approximate surface area is 106 Å². The lowest BCUT2D eigenvalue weighted by molar-refractivity contribution is 0.0374. The first-order valence-electron chi connectivity index (χ1n) is 5.90. The summed E-state index contributed by atoms with van der Waals surface area (Å²) in [6.45, 7) is 3.65. The summed E-state index contributed by atoms with van der Waals surface area (Å²) < 4.78 is 10.6. The van der Waals surface area contributed by atoms with Crippen LogP contribution in [-0.4, -0.2) is 19.2 Å². The van der Waals surface area contributed by atoms with Crippen molar-refractivity contribution in [3.63, 3.8) is 0 Å². The fourth-order valence-corrected chi connectivity index (χ4v) is 1.90. The van der Waals surface area contributed by atoms with Gasteiger partial charge in [0.25, 0.3) is 0 Å². The van der Waals surface area contributed by atoms with Crippen molar-refractivity contribution < 1.29 is 14.3 Å². The van der Waals surface area contributed by atoms with Gasteiger partial charge in [-0.1, -0.05) is 30.3 Å². The Morgan fingerprint density at radius 3 is 2.50 bits per heavy atom. The summed E-state index contributed by atoms with van der Waals surface area (Å²) in [5.74, 6) is 0.214. The Morgan fingerprint density at radius 1 is 1.11 bits per heavy atom. The lowest BCUT2D eigenvalue weighted by atomic mass is 10.1. The minimum absolute atomic E-state index is 0.145. The molecule has 3 heteroatoms. The van der Waals surface area contributed by atoms with E-state index < -0.39 is 0 Å². The molecule has 0 aromatic heterocycles. The molecule has 0 fully saturated rings. The van der Waals surface area contributed by atoms with Gasteiger partial charge in [0.2, 0.25) is 0 Å². The predicted molar refractivity (Wildman–Crippen MR) is 71.1 cm³/mol. The Balaban J connectivity index is 2.54. The van der Waals surface area contributed by atoms with Crippen molar-refractivity contribution in [1.82, 2.24) is 0 Å². The van der Waals surface area contributed by atoms with Gasteiger partial charge in [0.1, 0.15) is 11.3 Å². The van der Waals surface area contributed by atoms with Crippen molar-refractivity contribution in [3.8, 4) is 5.75 Å². The zero-order chi connectivity index (χ0) is 13.1. The van der Waals surface area contributed by atoms with Gasteiger partial charge in [-0.15, -0.1) is 0 Å². The highest BCUT2D eigenvalue weighted by Crippen LogP contribution is 2.30. The van der Waals surface area contributed by atoms with Crippen molar-refractivity contribution >= 4 is 16.7 Å². The van der Waals surface area contributed by atoms with Gasteiger partial charge in [-0.05, 0) is 25.3 Å². The fraction of sp³-hybridized carbons (Fsp3) is 0.267. The molecule has 2 aromatic carbocycles. The second-order valence-corrected chi connectivity index (χ2v) is 4.32. The van der Waals surface area contributed by atoms with Crippen LogP contribution in [0.5, 0.6) is 5.75 Å². The number of ether oxygens (including phenoxy) is 2. The van der Waals surface area contributed by atoms with Crippen molar-refractivity contribution in [1.29, 1.82) is 0 Å². The van der Waals surface area contributed by atoms with E-state index in [0.717, 1.165) is 10.8 Å². The maximum absolute atomic E-state index is 12.0. The molecule has 0 aliphatic heterocycles. The zero-order valence-electron chi connectivity index (χ0n) is 10.8. The van der Waals surface area contributed by atoms with Crippen molar-refractivity contribution in [2.45, 2.75) is 20.0 Å². The standard InChI is InChI=1S/C15H16O3/c1-10(2)18-15(16)13-9-8-11-6-4-5-7-12(11)14(13)17-3/h4-10H,1-3H3. The van der Waals surface area contributed by atoms with Crippen LogP contribution >= 0.6 is 0 Å². The van der Waals surface area contributed by atoms with E-state index in [0.29, 0.717) is 11.3 Å². The van der Waals surface area contributed by atoms with Crippen molar-refractivity contribution in [3.05, 3.63) is 42.0 Å². The highest BCUT2D eigenvalue weighted by Gasteiger charge is 2.17. The number of hydrogen-bond donors (Lipinski definition) is 0. The lowest BCUT2D eigenvalue weighted by Crippen LogP contribution is -2.12. The van der Waals surface area contributed by atoms with Crippen LogP contribution in [0, 0.1) is 0 Å². The van der Waals surface area contributed by atoms with Crippen molar-refractivity contribution in [2.75, 3.05) is 7.11 Å². The highest BCUT2D eigenvalue weighted by molar-refractivity contribution is 6.01. The van der Waals surface area contributed by atoms with E-state index in [9.17, 15) is 4.79 Å². The Kier molecular flexibility index (Phi) is 3.51. The van der Waals surface area contributed by atoms with Crippen LogP contribution in [0.4, 0.5) is 0 Å². The second-order valence-electron chi connectivity index (χ2n) is 4.32. The number of methoxy groups -OCH3 is 1. The summed E-state index contributed by atoms with van der Waals surface area (Å²) in [4.78, 5) is 12.0. The molecule has 94 valence electrons.